The van der Waals surface area contributed by atoms with Gasteiger partial charge in [0.05, 0.1) is 6.04 Å². The van der Waals surface area contributed by atoms with Crippen LogP contribution in [0.15, 0.2) is 48.5 Å². The maximum Gasteiger partial charge on any atom is 0.243 e. The lowest BCUT2D eigenvalue weighted by Crippen LogP contribution is -2.43. The number of rotatable bonds is 5. The Bertz CT molecular complexity index is 794. The average molecular weight is 344 g/mol. The van der Waals surface area contributed by atoms with Gasteiger partial charge in [-0.3, -0.25) is 9.59 Å². The predicted molar refractivity (Wildman–Crippen MR) is 88.6 cm³/mol. The third-order valence-electron chi connectivity index (χ3n) is 4.21. The molecule has 1 fully saturated rings. The summed E-state index contributed by atoms with van der Waals surface area (Å²) in [6.45, 7) is 0. The second-order valence-corrected chi connectivity index (χ2v) is 6.11. The maximum absolute atomic E-state index is 13.6. The first-order valence-electron chi connectivity index (χ1n) is 8.11. The van der Waals surface area contributed by atoms with E-state index < -0.39 is 17.9 Å². The summed E-state index contributed by atoms with van der Waals surface area (Å²) < 4.78 is 27.0. The molecule has 1 saturated heterocycles. The summed E-state index contributed by atoms with van der Waals surface area (Å²) in [5.74, 6) is -1.26. The van der Waals surface area contributed by atoms with Crippen molar-refractivity contribution in [2.45, 2.75) is 31.3 Å². The topological polar surface area (TPSA) is 58.2 Å². The van der Waals surface area contributed by atoms with E-state index in [9.17, 15) is 18.4 Å². The van der Waals surface area contributed by atoms with Crippen LogP contribution in [0.5, 0.6) is 0 Å². The molecule has 1 aliphatic heterocycles. The molecule has 0 aliphatic carbocycles. The van der Waals surface area contributed by atoms with Gasteiger partial charge in [-0.2, -0.15) is 0 Å². The largest absolute Gasteiger partial charge is 0.347 e. The van der Waals surface area contributed by atoms with Gasteiger partial charge in [0.1, 0.15) is 17.7 Å². The lowest BCUT2D eigenvalue weighted by Gasteiger charge is -2.22. The van der Waals surface area contributed by atoms with E-state index in [1.807, 2.05) is 0 Å². The van der Waals surface area contributed by atoms with E-state index in [-0.39, 0.29) is 17.6 Å². The number of hydrogen-bond donors (Lipinski definition) is 2. The zero-order chi connectivity index (χ0) is 17.8. The van der Waals surface area contributed by atoms with E-state index in [2.05, 4.69) is 10.6 Å². The third-order valence-corrected chi connectivity index (χ3v) is 4.21. The van der Waals surface area contributed by atoms with Crippen molar-refractivity contribution in [2.75, 3.05) is 0 Å². The fraction of sp³-hybridized carbons (Fsp3) is 0.263. The summed E-state index contributed by atoms with van der Waals surface area (Å²) >= 11 is 0. The molecular formula is C19H18F2N2O2. The van der Waals surface area contributed by atoms with Crippen LogP contribution < -0.4 is 10.6 Å². The molecule has 2 N–H and O–H groups in total. The van der Waals surface area contributed by atoms with Crippen LogP contribution in [-0.2, 0) is 16.0 Å². The van der Waals surface area contributed by atoms with E-state index >= 15 is 0 Å². The number of amides is 2. The Morgan fingerprint density at radius 2 is 1.88 bits per heavy atom. The zero-order valence-electron chi connectivity index (χ0n) is 13.5. The number of hydrogen-bond acceptors (Lipinski definition) is 2. The number of halogens is 2. The summed E-state index contributed by atoms with van der Waals surface area (Å²) in [6, 6.07) is 10.9. The molecule has 2 amide bonds. The van der Waals surface area contributed by atoms with E-state index in [1.165, 1.54) is 24.3 Å². The van der Waals surface area contributed by atoms with Gasteiger partial charge in [-0.05, 0) is 48.2 Å². The minimum Gasteiger partial charge on any atom is -0.347 e. The van der Waals surface area contributed by atoms with Crippen molar-refractivity contribution in [3.8, 4) is 0 Å². The standard InChI is InChI=1S/C19H18F2N2O2/c20-14-5-1-3-12(9-14)10-17(13-4-2-6-15(21)11-13)23-19(25)16-7-8-18(24)22-16/h1-6,9,11,16-17H,7-8,10H2,(H,22,24)(H,23,25)/t16-,17+/m1/s1. The molecule has 2 aromatic rings. The van der Waals surface area contributed by atoms with E-state index in [1.54, 1.807) is 24.3 Å². The Hall–Kier alpha value is -2.76. The van der Waals surface area contributed by atoms with Crippen molar-refractivity contribution in [2.24, 2.45) is 0 Å². The van der Waals surface area contributed by atoms with Crippen molar-refractivity contribution >= 4 is 11.8 Å². The first kappa shape index (κ1) is 17.1. The van der Waals surface area contributed by atoms with Gasteiger partial charge in [0.2, 0.25) is 11.8 Å². The Balaban J connectivity index is 1.81. The van der Waals surface area contributed by atoms with Crippen molar-refractivity contribution in [1.82, 2.24) is 10.6 Å². The molecule has 2 aromatic carbocycles. The monoisotopic (exact) mass is 344 g/mol. The second kappa shape index (κ2) is 7.42. The Kier molecular flexibility index (Phi) is 5.07. The first-order chi connectivity index (χ1) is 12.0. The van der Waals surface area contributed by atoms with Crippen molar-refractivity contribution in [3.63, 3.8) is 0 Å². The molecule has 6 heteroatoms. The van der Waals surface area contributed by atoms with E-state index in [0.29, 0.717) is 30.4 Å². The Morgan fingerprint density at radius 1 is 1.16 bits per heavy atom. The highest BCUT2D eigenvalue weighted by atomic mass is 19.1. The molecule has 0 spiro atoms. The van der Waals surface area contributed by atoms with Crippen LogP contribution in [0.3, 0.4) is 0 Å². The predicted octanol–water partition coefficient (Wildman–Crippen LogP) is 2.64. The van der Waals surface area contributed by atoms with Crippen LogP contribution in [0.1, 0.15) is 30.0 Å². The van der Waals surface area contributed by atoms with Gasteiger partial charge in [0.25, 0.3) is 0 Å². The van der Waals surface area contributed by atoms with Crippen molar-refractivity contribution < 1.29 is 18.4 Å². The van der Waals surface area contributed by atoms with Gasteiger partial charge in [-0.25, -0.2) is 8.78 Å². The molecule has 25 heavy (non-hydrogen) atoms. The lowest BCUT2D eigenvalue weighted by molar-refractivity contribution is -0.126. The third kappa shape index (κ3) is 4.41. The van der Waals surface area contributed by atoms with Gasteiger partial charge < -0.3 is 10.6 Å². The van der Waals surface area contributed by atoms with E-state index in [0.717, 1.165) is 0 Å². The summed E-state index contributed by atoms with van der Waals surface area (Å²) in [7, 11) is 0. The number of benzene rings is 2. The molecule has 1 aliphatic rings. The number of carbonyl (C=O) groups excluding carboxylic acids is 2. The molecule has 4 nitrogen and oxygen atoms in total. The highest BCUT2D eigenvalue weighted by Crippen LogP contribution is 2.21. The molecule has 1 heterocycles. The van der Waals surface area contributed by atoms with Gasteiger partial charge >= 0.3 is 0 Å². The fourth-order valence-corrected chi connectivity index (χ4v) is 2.96. The van der Waals surface area contributed by atoms with Gasteiger partial charge in [-0.1, -0.05) is 24.3 Å². The van der Waals surface area contributed by atoms with Gasteiger partial charge in [0, 0.05) is 6.42 Å². The highest BCUT2D eigenvalue weighted by molar-refractivity contribution is 5.91. The van der Waals surface area contributed by atoms with Crippen LogP contribution in [0.4, 0.5) is 8.78 Å². The van der Waals surface area contributed by atoms with Crippen LogP contribution in [0.2, 0.25) is 0 Å². The molecule has 0 aromatic heterocycles. The summed E-state index contributed by atoms with van der Waals surface area (Å²) in [5, 5.41) is 5.46. The zero-order valence-corrected chi connectivity index (χ0v) is 13.5. The smallest absolute Gasteiger partial charge is 0.243 e. The molecule has 2 atom stereocenters. The van der Waals surface area contributed by atoms with Crippen LogP contribution >= 0.6 is 0 Å². The quantitative estimate of drug-likeness (QED) is 0.876. The normalized spacial score (nSPS) is 17.8. The minimum atomic E-state index is -0.587. The summed E-state index contributed by atoms with van der Waals surface area (Å²) in [4.78, 5) is 23.7. The van der Waals surface area contributed by atoms with Gasteiger partial charge in [0.15, 0.2) is 0 Å². The van der Waals surface area contributed by atoms with E-state index in [4.69, 9.17) is 0 Å². The van der Waals surface area contributed by atoms with Crippen molar-refractivity contribution in [3.05, 3.63) is 71.3 Å². The molecule has 0 saturated carbocycles. The first-order valence-corrected chi connectivity index (χ1v) is 8.11. The molecular weight excluding hydrogens is 326 g/mol. The number of nitrogens with one attached hydrogen (secondary N) is 2. The van der Waals surface area contributed by atoms with Crippen molar-refractivity contribution in [1.29, 1.82) is 0 Å². The summed E-state index contributed by atoms with van der Waals surface area (Å²) in [5.41, 5.74) is 1.27. The van der Waals surface area contributed by atoms with Gasteiger partial charge in [-0.15, -0.1) is 0 Å². The lowest BCUT2D eigenvalue weighted by atomic mass is 9.98. The Labute approximate surface area is 144 Å². The molecule has 0 unspecified atom stereocenters. The molecule has 0 radical (unpaired) electrons. The van der Waals surface area contributed by atoms with Crippen LogP contribution in [-0.4, -0.2) is 17.9 Å². The maximum atomic E-state index is 13.6. The second-order valence-electron chi connectivity index (χ2n) is 6.11. The van der Waals surface area contributed by atoms with Crippen LogP contribution in [0, 0.1) is 11.6 Å². The minimum absolute atomic E-state index is 0.160. The number of carbonyl (C=O) groups is 2. The van der Waals surface area contributed by atoms with Crippen LogP contribution in [0.25, 0.3) is 0 Å². The highest BCUT2D eigenvalue weighted by Gasteiger charge is 2.29. The average Bonchev–Trinajstić information content (AvgIpc) is 3.01. The molecule has 3 rings (SSSR count). The Morgan fingerprint density at radius 3 is 2.52 bits per heavy atom. The molecule has 130 valence electrons. The fourth-order valence-electron chi connectivity index (χ4n) is 2.96. The SMILES string of the molecule is O=C1CC[C@H](C(=O)N[C@@H](Cc2cccc(F)c2)c2cccc(F)c2)N1. The summed E-state index contributed by atoms with van der Waals surface area (Å²) in [6.07, 6.45) is 1.06. The molecule has 0 bridgehead atoms.